The number of hydrogen-bond donors (Lipinski definition) is 1. The highest BCUT2D eigenvalue weighted by Gasteiger charge is 2.35. The maximum Gasteiger partial charge on any atom is 0.243 e. The first-order chi connectivity index (χ1) is 11.4. The smallest absolute Gasteiger partial charge is 0.243 e. The molecule has 2 saturated heterocycles. The maximum atomic E-state index is 12.7. The minimum Gasteiger partial charge on any atom is -0.340 e. The van der Waals surface area contributed by atoms with Crippen molar-refractivity contribution in [3.8, 4) is 0 Å². The van der Waals surface area contributed by atoms with E-state index in [1.165, 1.54) is 4.31 Å². The van der Waals surface area contributed by atoms with Gasteiger partial charge < -0.3 is 10.2 Å². The average Bonchev–Trinajstić information content (AvgIpc) is 2.53. The Morgan fingerprint density at radius 3 is 2.16 bits per heavy atom. The minimum atomic E-state index is -3.47. The summed E-state index contributed by atoms with van der Waals surface area (Å²) < 4.78 is 26.9. The van der Waals surface area contributed by atoms with E-state index >= 15 is 0 Å². The van der Waals surface area contributed by atoms with Crippen LogP contribution in [0.3, 0.4) is 0 Å². The van der Waals surface area contributed by atoms with Gasteiger partial charge in [-0.15, -0.1) is 12.4 Å². The first-order valence-corrected chi connectivity index (χ1v) is 9.90. The van der Waals surface area contributed by atoms with E-state index < -0.39 is 10.0 Å². The summed E-state index contributed by atoms with van der Waals surface area (Å²) in [5, 5.41) is 3.19. The standard InChI is InChI=1S/C17H25N3O3S.ClH/c1-13-3-5-16(6-4-13)24(22,23)20-9-7-19(8-10-20)17(21)14(2)15-11-18-12-15;/h3-6,14-15,18H,7-12H2,1-2H3;1H. The number of halogens is 1. The van der Waals surface area contributed by atoms with Crippen LogP contribution in [0.15, 0.2) is 29.2 Å². The normalized spacial score (nSPS) is 20.5. The zero-order valence-corrected chi connectivity index (χ0v) is 16.3. The third kappa shape index (κ3) is 4.16. The SMILES string of the molecule is Cc1ccc(S(=O)(=O)N2CCN(C(=O)C(C)C3CNC3)CC2)cc1.Cl. The first kappa shape index (κ1) is 20.2. The van der Waals surface area contributed by atoms with Gasteiger partial charge in [-0.25, -0.2) is 8.42 Å². The summed E-state index contributed by atoms with van der Waals surface area (Å²) in [6.07, 6.45) is 0. The molecule has 0 saturated carbocycles. The van der Waals surface area contributed by atoms with Crippen molar-refractivity contribution in [1.82, 2.24) is 14.5 Å². The van der Waals surface area contributed by atoms with Gasteiger partial charge in [0, 0.05) is 32.1 Å². The molecule has 2 aliphatic rings. The number of hydrogen-bond acceptors (Lipinski definition) is 4. The highest BCUT2D eigenvalue weighted by atomic mass is 35.5. The lowest BCUT2D eigenvalue weighted by Gasteiger charge is -2.38. The minimum absolute atomic E-state index is 0. The molecule has 2 aliphatic heterocycles. The number of carbonyl (C=O) groups is 1. The Balaban J connectivity index is 0.00000225. The summed E-state index contributed by atoms with van der Waals surface area (Å²) >= 11 is 0. The topological polar surface area (TPSA) is 69.7 Å². The summed E-state index contributed by atoms with van der Waals surface area (Å²) in [5.74, 6) is 0.562. The van der Waals surface area contributed by atoms with Gasteiger partial charge in [0.2, 0.25) is 15.9 Å². The van der Waals surface area contributed by atoms with Crippen molar-refractivity contribution >= 4 is 28.3 Å². The highest BCUT2D eigenvalue weighted by molar-refractivity contribution is 7.89. The molecular weight excluding hydrogens is 362 g/mol. The molecule has 2 heterocycles. The molecule has 1 aromatic carbocycles. The third-order valence-corrected chi connectivity index (χ3v) is 7.03. The molecule has 2 fully saturated rings. The monoisotopic (exact) mass is 387 g/mol. The lowest BCUT2D eigenvalue weighted by Crippen LogP contribution is -2.55. The summed E-state index contributed by atoms with van der Waals surface area (Å²) in [5.41, 5.74) is 1.03. The number of amides is 1. The molecule has 8 heteroatoms. The van der Waals surface area contributed by atoms with Gasteiger partial charge in [-0.1, -0.05) is 24.6 Å². The average molecular weight is 388 g/mol. The predicted octanol–water partition coefficient (Wildman–Crippen LogP) is 1.11. The van der Waals surface area contributed by atoms with Crippen molar-refractivity contribution < 1.29 is 13.2 Å². The molecule has 6 nitrogen and oxygen atoms in total. The molecule has 0 radical (unpaired) electrons. The molecule has 0 bridgehead atoms. The fraction of sp³-hybridized carbons (Fsp3) is 0.588. The van der Waals surface area contributed by atoms with E-state index in [-0.39, 0.29) is 24.2 Å². The number of sulfonamides is 1. The van der Waals surface area contributed by atoms with Crippen LogP contribution in [0.25, 0.3) is 0 Å². The molecule has 1 N–H and O–H groups in total. The van der Waals surface area contributed by atoms with E-state index in [4.69, 9.17) is 0 Å². The Kier molecular flexibility index (Phi) is 6.48. The molecule has 1 aromatic rings. The predicted molar refractivity (Wildman–Crippen MR) is 99.3 cm³/mol. The zero-order valence-electron chi connectivity index (χ0n) is 14.6. The molecule has 1 unspecified atom stereocenters. The van der Waals surface area contributed by atoms with E-state index in [0.29, 0.717) is 37.0 Å². The molecule has 1 amide bonds. The molecule has 25 heavy (non-hydrogen) atoms. The Hall–Kier alpha value is -1.15. The van der Waals surface area contributed by atoms with Crippen LogP contribution in [0.1, 0.15) is 12.5 Å². The van der Waals surface area contributed by atoms with Crippen molar-refractivity contribution in [3.63, 3.8) is 0 Å². The van der Waals surface area contributed by atoms with E-state index in [2.05, 4.69) is 5.32 Å². The van der Waals surface area contributed by atoms with Crippen LogP contribution in [0.5, 0.6) is 0 Å². The van der Waals surface area contributed by atoms with Crippen LogP contribution in [0.4, 0.5) is 0 Å². The Morgan fingerprint density at radius 1 is 1.12 bits per heavy atom. The largest absolute Gasteiger partial charge is 0.340 e. The van der Waals surface area contributed by atoms with E-state index in [9.17, 15) is 13.2 Å². The Bertz CT molecular complexity index is 696. The van der Waals surface area contributed by atoms with Crippen molar-refractivity contribution in [1.29, 1.82) is 0 Å². The highest BCUT2D eigenvalue weighted by Crippen LogP contribution is 2.22. The number of carbonyl (C=O) groups excluding carboxylic acids is 1. The van der Waals surface area contributed by atoms with Crippen LogP contribution in [0, 0.1) is 18.8 Å². The first-order valence-electron chi connectivity index (χ1n) is 8.46. The number of aryl methyl sites for hydroxylation is 1. The van der Waals surface area contributed by atoms with Crippen LogP contribution >= 0.6 is 12.4 Å². The van der Waals surface area contributed by atoms with E-state index in [1.807, 2.05) is 18.7 Å². The lowest BCUT2D eigenvalue weighted by atomic mass is 9.88. The molecule has 1 atom stereocenters. The molecular formula is C17H26ClN3O3S. The quantitative estimate of drug-likeness (QED) is 0.840. The lowest BCUT2D eigenvalue weighted by molar-refractivity contribution is -0.138. The van der Waals surface area contributed by atoms with Crippen molar-refractivity contribution in [2.75, 3.05) is 39.3 Å². The van der Waals surface area contributed by atoms with Gasteiger partial charge in [-0.2, -0.15) is 4.31 Å². The van der Waals surface area contributed by atoms with Gasteiger partial charge in [-0.05, 0) is 38.1 Å². The zero-order chi connectivity index (χ0) is 17.3. The molecule has 3 rings (SSSR count). The molecule has 0 spiro atoms. The molecule has 140 valence electrons. The summed E-state index contributed by atoms with van der Waals surface area (Å²) in [7, 11) is -3.47. The summed E-state index contributed by atoms with van der Waals surface area (Å²) in [6, 6.07) is 6.91. The van der Waals surface area contributed by atoms with Gasteiger partial charge in [0.15, 0.2) is 0 Å². The van der Waals surface area contributed by atoms with Crippen LogP contribution in [-0.4, -0.2) is 62.8 Å². The molecule has 0 aromatic heterocycles. The van der Waals surface area contributed by atoms with Crippen molar-refractivity contribution in [3.05, 3.63) is 29.8 Å². The maximum absolute atomic E-state index is 12.7. The van der Waals surface area contributed by atoms with E-state index in [0.717, 1.165) is 18.7 Å². The number of nitrogens with one attached hydrogen (secondary N) is 1. The van der Waals surface area contributed by atoms with E-state index in [1.54, 1.807) is 24.3 Å². The number of piperazine rings is 1. The van der Waals surface area contributed by atoms with Gasteiger partial charge in [0.1, 0.15) is 0 Å². The third-order valence-electron chi connectivity index (χ3n) is 5.12. The van der Waals surface area contributed by atoms with Gasteiger partial charge in [0.25, 0.3) is 0 Å². The Morgan fingerprint density at radius 2 is 1.68 bits per heavy atom. The summed E-state index contributed by atoms with van der Waals surface area (Å²) in [6.45, 7) is 7.35. The Labute approximate surface area is 156 Å². The number of benzene rings is 1. The van der Waals surface area contributed by atoms with Crippen molar-refractivity contribution in [2.24, 2.45) is 11.8 Å². The van der Waals surface area contributed by atoms with Gasteiger partial charge >= 0.3 is 0 Å². The van der Waals surface area contributed by atoms with Gasteiger partial charge in [0.05, 0.1) is 4.90 Å². The van der Waals surface area contributed by atoms with Crippen LogP contribution < -0.4 is 5.32 Å². The van der Waals surface area contributed by atoms with Gasteiger partial charge in [-0.3, -0.25) is 4.79 Å². The fourth-order valence-corrected chi connectivity index (χ4v) is 4.58. The number of rotatable bonds is 4. The summed E-state index contributed by atoms with van der Waals surface area (Å²) in [4.78, 5) is 14.7. The second-order valence-corrected chi connectivity index (χ2v) is 8.69. The second kappa shape index (κ2) is 8.03. The van der Waals surface area contributed by atoms with Crippen LogP contribution in [-0.2, 0) is 14.8 Å². The van der Waals surface area contributed by atoms with Crippen molar-refractivity contribution in [2.45, 2.75) is 18.7 Å². The molecule has 0 aliphatic carbocycles. The number of nitrogens with zero attached hydrogens (tertiary/aromatic N) is 2. The fourth-order valence-electron chi connectivity index (χ4n) is 3.16. The van der Waals surface area contributed by atoms with Crippen LogP contribution in [0.2, 0.25) is 0 Å². The second-order valence-electron chi connectivity index (χ2n) is 6.75.